The van der Waals surface area contributed by atoms with Crippen LogP contribution in [0, 0.1) is 22.7 Å². The van der Waals surface area contributed by atoms with Gasteiger partial charge in [0.1, 0.15) is 16.5 Å². The Kier molecular flexibility index (Phi) is 9.59. The van der Waals surface area contributed by atoms with Crippen LogP contribution >= 0.6 is 11.3 Å². The molecule has 1 saturated heterocycles. The Morgan fingerprint density at radius 2 is 1.76 bits per heavy atom. The maximum atomic E-state index is 13.9. The van der Waals surface area contributed by atoms with Crippen molar-refractivity contribution >= 4 is 44.6 Å². The minimum Gasteiger partial charge on any atom is -0.492 e. The fourth-order valence-electron chi connectivity index (χ4n) is 4.97. The molecule has 0 unspecified atom stereocenters. The second-order valence-electron chi connectivity index (χ2n) is 10.1. The highest BCUT2D eigenvalue weighted by atomic mass is 32.2. The van der Waals surface area contributed by atoms with Gasteiger partial charge in [-0.05, 0) is 73.9 Å². The number of sulfonamides is 1. The quantitative estimate of drug-likeness (QED) is 0.311. The lowest BCUT2D eigenvalue weighted by Crippen LogP contribution is -2.35. The molecule has 0 radical (unpaired) electrons. The second kappa shape index (κ2) is 13.7. The van der Waals surface area contributed by atoms with E-state index < -0.39 is 21.5 Å². The summed E-state index contributed by atoms with van der Waals surface area (Å²) >= 11 is 0.962. The van der Waals surface area contributed by atoms with E-state index in [4.69, 9.17) is 10.00 Å². The molecule has 0 bridgehead atoms. The van der Waals surface area contributed by atoms with E-state index in [1.54, 1.807) is 61.5 Å². The molecule has 45 heavy (non-hydrogen) atoms. The van der Waals surface area contributed by atoms with Crippen molar-refractivity contribution in [3.8, 4) is 23.6 Å². The SMILES string of the molecule is CCOc1ccccc1-n1c(=O)/c(=C/c2ccc(C#N)cc2)s/c1=C(/C#N)C(=O)Nc1cccc(S(=O)(=O)N2CCCCC2)c1. The van der Waals surface area contributed by atoms with E-state index in [1.165, 1.54) is 33.1 Å². The summed E-state index contributed by atoms with van der Waals surface area (Å²) in [5.41, 5.74) is 0.847. The highest BCUT2D eigenvalue weighted by molar-refractivity contribution is 7.89. The number of benzene rings is 3. The van der Waals surface area contributed by atoms with Gasteiger partial charge in [0, 0.05) is 18.8 Å². The molecule has 1 fully saturated rings. The average molecular weight is 640 g/mol. The first-order valence-corrected chi connectivity index (χ1v) is 16.5. The number of amides is 1. The van der Waals surface area contributed by atoms with Gasteiger partial charge in [0.25, 0.3) is 11.5 Å². The second-order valence-corrected chi connectivity index (χ2v) is 13.1. The smallest absolute Gasteiger partial charge is 0.273 e. The zero-order valence-corrected chi connectivity index (χ0v) is 26.0. The van der Waals surface area contributed by atoms with Gasteiger partial charge >= 0.3 is 0 Å². The van der Waals surface area contributed by atoms with Crippen LogP contribution in [0.1, 0.15) is 37.3 Å². The Morgan fingerprint density at radius 3 is 2.44 bits per heavy atom. The number of thiazole rings is 1. The molecule has 1 N–H and O–H groups in total. The van der Waals surface area contributed by atoms with Crippen molar-refractivity contribution in [1.82, 2.24) is 8.87 Å². The molecule has 0 aliphatic carbocycles. The van der Waals surface area contributed by atoms with Crippen molar-refractivity contribution in [2.24, 2.45) is 0 Å². The predicted octanol–water partition coefficient (Wildman–Crippen LogP) is 3.49. The van der Waals surface area contributed by atoms with E-state index in [-0.39, 0.29) is 25.4 Å². The normalized spacial score (nSPS) is 14.7. The zero-order chi connectivity index (χ0) is 32.0. The Bertz CT molecular complexity index is 2120. The van der Waals surface area contributed by atoms with Crippen molar-refractivity contribution in [3.05, 3.63) is 103 Å². The summed E-state index contributed by atoms with van der Waals surface area (Å²) in [6.07, 6.45) is 4.18. The highest BCUT2D eigenvalue weighted by Crippen LogP contribution is 2.24. The number of carbonyl (C=O) groups excluding carboxylic acids is 1. The zero-order valence-electron chi connectivity index (χ0n) is 24.4. The van der Waals surface area contributed by atoms with Gasteiger partial charge < -0.3 is 10.1 Å². The van der Waals surface area contributed by atoms with Crippen LogP contribution in [0.15, 0.2) is 82.5 Å². The number of anilines is 1. The molecule has 1 amide bonds. The largest absolute Gasteiger partial charge is 0.492 e. The molecule has 0 saturated carbocycles. The summed E-state index contributed by atoms with van der Waals surface area (Å²) in [5.74, 6) is -0.418. The van der Waals surface area contributed by atoms with E-state index in [1.807, 2.05) is 6.07 Å². The van der Waals surface area contributed by atoms with Crippen molar-refractivity contribution in [2.75, 3.05) is 25.0 Å². The highest BCUT2D eigenvalue weighted by Gasteiger charge is 2.26. The predicted molar refractivity (Wildman–Crippen MR) is 172 cm³/mol. The van der Waals surface area contributed by atoms with E-state index >= 15 is 0 Å². The standard InChI is InChI=1S/C33H29N5O5S2/c1-2-43-29-12-5-4-11-28(29)38-32(40)30(19-23-13-15-24(21-34)16-14-23)44-33(38)27(22-35)31(39)36-25-9-8-10-26(20-25)45(41,42)37-17-6-3-7-18-37/h4-5,8-16,19-20H,2-3,6-7,17-18H2,1H3,(H,36,39)/b30-19-,33-27-. The number of rotatable bonds is 8. The van der Waals surface area contributed by atoms with Crippen LogP contribution in [-0.4, -0.2) is 42.9 Å². The first kappa shape index (κ1) is 31.4. The number of nitrogens with one attached hydrogen (secondary N) is 1. The number of nitrogens with zero attached hydrogens (tertiary/aromatic N) is 4. The summed E-state index contributed by atoms with van der Waals surface area (Å²) in [6, 6.07) is 23.4. The van der Waals surface area contributed by atoms with E-state index in [9.17, 15) is 23.3 Å². The number of carbonyl (C=O) groups is 1. The molecule has 1 aliphatic heterocycles. The van der Waals surface area contributed by atoms with E-state index in [2.05, 4.69) is 11.4 Å². The summed E-state index contributed by atoms with van der Waals surface area (Å²) in [4.78, 5) is 27.6. The molecule has 2 heterocycles. The fourth-order valence-corrected chi connectivity index (χ4v) is 7.63. The Morgan fingerprint density at radius 1 is 1.02 bits per heavy atom. The number of nitriles is 2. The average Bonchev–Trinajstić information content (AvgIpc) is 3.37. The Labute approximate surface area is 264 Å². The Hall–Kier alpha value is -5.01. The molecule has 0 spiro atoms. The lowest BCUT2D eigenvalue weighted by molar-refractivity contribution is -0.111. The first-order chi connectivity index (χ1) is 21.8. The van der Waals surface area contributed by atoms with E-state index in [0.717, 1.165) is 30.6 Å². The topological polar surface area (TPSA) is 145 Å². The maximum absolute atomic E-state index is 13.9. The van der Waals surface area contributed by atoms with Crippen LogP contribution in [0.2, 0.25) is 0 Å². The molecule has 1 aromatic heterocycles. The third-order valence-electron chi connectivity index (χ3n) is 7.16. The van der Waals surface area contributed by atoms with Gasteiger partial charge in [-0.25, -0.2) is 8.42 Å². The van der Waals surface area contributed by atoms with Crippen LogP contribution in [-0.2, 0) is 14.8 Å². The number of ether oxygens (including phenoxy) is 1. The molecular weight excluding hydrogens is 611 g/mol. The number of para-hydroxylation sites is 2. The molecule has 4 aromatic rings. The summed E-state index contributed by atoms with van der Waals surface area (Å²) in [7, 11) is -3.76. The van der Waals surface area contributed by atoms with Gasteiger partial charge in [-0.3, -0.25) is 14.2 Å². The fraction of sp³-hybridized carbons (Fsp3) is 0.212. The molecule has 228 valence electrons. The molecule has 1 aliphatic rings. The summed E-state index contributed by atoms with van der Waals surface area (Å²) in [6.45, 7) is 3.00. The van der Waals surface area contributed by atoms with Crippen molar-refractivity contribution in [1.29, 1.82) is 10.5 Å². The molecule has 5 rings (SSSR count). The maximum Gasteiger partial charge on any atom is 0.273 e. The van der Waals surface area contributed by atoms with Crippen molar-refractivity contribution in [3.63, 3.8) is 0 Å². The minimum absolute atomic E-state index is 0.0404. The van der Waals surface area contributed by atoms with Crippen molar-refractivity contribution < 1.29 is 17.9 Å². The van der Waals surface area contributed by atoms with Gasteiger partial charge in [0.15, 0.2) is 5.57 Å². The van der Waals surface area contributed by atoms with Crippen LogP contribution in [0.3, 0.4) is 0 Å². The summed E-state index contributed by atoms with van der Waals surface area (Å²) < 4.78 is 35.3. The molecular formula is C33H29N5O5S2. The van der Waals surface area contributed by atoms with Gasteiger partial charge in [-0.15, -0.1) is 11.3 Å². The van der Waals surface area contributed by atoms with Crippen LogP contribution in [0.4, 0.5) is 5.69 Å². The van der Waals surface area contributed by atoms with Crippen LogP contribution in [0.25, 0.3) is 17.3 Å². The van der Waals surface area contributed by atoms with Gasteiger partial charge in [0.2, 0.25) is 10.0 Å². The number of aromatic nitrogens is 1. The lowest BCUT2D eigenvalue weighted by Gasteiger charge is -2.26. The van der Waals surface area contributed by atoms with Crippen LogP contribution in [0.5, 0.6) is 5.75 Å². The van der Waals surface area contributed by atoms with Gasteiger partial charge in [-0.1, -0.05) is 36.8 Å². The van der Waals surface area contributed by atoms with Crippen molar-refractivity contribution in [2.45, 2.75) is 31.1 Å². The van der Waals surface area contributed by atoms with Crippen LogP contribution < -0.4 is 24.8 Å². The molecule has 12 heteroatoms. The molecule has 10 nitrogen and oxygen atoms in total. The van der Waals surface area contributed by atoms with E-state index in [0.29, 0.717) is 42.3 Å². The summed E-state index contributed by atoms with van der Waals surface area (Å²) in [5, 5.41) is 22.0. The third kappa shape index (κ3) is 6.74. The molecule has 3 aromatic carbocycles. The number of hydrogen-bond donors (Lipinski definition) is 1. The Balaban J connectivity index is 1.63. The minimum atomic E-state index is -3.76. The third-order valence-corrected chi connectivity index (χ3v) is 10.2. The number of piperidine rings is 1. The number of hydrogen-bond acceptors (Lipinski definition) is 8. The van der Waals surface area contributed by atoms with Gasteiger partial charge in [0.05, 0.1) is 33.4 Å². The molecule has 0 atom stereocenters. The first-order valence-electron chi connectivity index (χ1n) is 14.3. The monoisotopic (exact) mass is 639 g/mol. The lowest BCUT2D eigenvalue weighted by atomic mass is 10.1. The van der Waals surface area contributed by atoms with Gasteiger partial charge in [-0.2, -0.15) is 14.8 Å².